The highest BCUT2D eigenvalue weighted by atomic mass is 28.3. The molecule has 0 aliphatic carbocycles. The molecule has 10 heavy (non-hydrogen) atoms. The van der Waals surface area contributed by atoms with E-state index in [0.29, 0.717) is 0 Å². The van der Waals surface area contributed by atoms with E-state index in [2.05, 4.69) is 24.6 Å². The smallest absolute Gasteiger partial charge is 0.281 e. The van der Waals surface area contributed by atoms with Gasteiger partial charge in [-0.3, -0.25) is 0 Å². The zero-order chi connectivity index (χ0) is 7.78. The number of hydrogen-bond donors (Lipinski definition) is 0. The Morgan fingerprint density at radius 1 is 1.50 bits per heavy atom. The van der Waals surface area contributed by atoms with E-state index >= 15 is 0 Å². The maximum absolute atomic E-state index is 12.7. The van der Waals surface area contributed by atoms with Crippen molar-refractivity contribution >= 4 is 8.24 Å². The second-order valence-electron chi connectivity index (χ2n) is 3.24. The summed E-state index contributed by atoms with van der Waals surface area (Å²) in [6.45, 7) is 6.20. The molecule has 0 radical (unpaired) electrons. The minimum atomic E-state index is -1.55. The molecule has 0 fully saturated rings. The van der Waals surface area contributed by atoms with E-state index in [1.807, 2.05) is 0 Å². The van der Waals surface area contributed by atoms with Crippen molar-refractivity contribution in [2.24, 2.45) is 0 Å². The molecule has 1 rings (SSSR count). The predicted octanol–water partition coefficient (Wildman–Crippen LogP) is 1.71. The molecule has 0 saturated carbocycles. The van der Waals surface area contributed by atoms with Gasteiger partial charge in [-0.25, -0.2) is 4.98 Å². The van der Waals surface area contributed by atoms with Crippen LogP contribution in [-0.2, 0) is 0 Å². The van der Waals surface area contributed by atoms with Crippen molar-refractivity contribution in [1.29, 1.82) is 0 Å². The van der Waals surface area contributed by atoms with Crippen LogP contribution in [0.25, 0.3) is 0 Å². The van der Waals surface area contributed by atoms with E-state index in [9.17, 15) is 4.39 Å². The van der Waals surface area contributed by atoms with E-state index in [1.54, 1.807) is 10.4 Å². The van der Waals surface area contributed by atoms with Gasteiger partial charge >= 0.3 is 0 Å². The van der Waals surface area contributed by atoms with Crippen LogP contribution in [0.3, 0.4) is 0 Å². The Morgan fingerprint density at radius 2 is 2.10 bits per heavy atom. The summed E-state index contributed by atoms with van der Waals surface area (Å²) in [7, 11) is -1.55. The monoisotopic (exact) mass is 158 g/mol. The summed E-state index contributed by atoms with van der Waals surface area (Å²) in [4.78, 5) is 3.51. The summed E-state index contributed by atoms with van der Waals surface area (Å²) in [5.74, 6) is 0. The summed E-state index contributed by atoms with van der Waals surface area (Å²) in [6, 6.07) is 0. The Hall–Kier alpha value is -0.643. The van der Waals surface area contributed by atoms with Gasteiger partial charge in [0.15, 0.2) is 8.24 Å². The van der Waals surface area contributed by atoms with Gasteiger partial charge < -0.3 is 4.23 Å². The van der Waals surface area contributed by atoms with Crippen LogP contribution in [0.5, 0.6) is 0 Å². The second-order valence-corrected chi connectivity index (χ2v) is 8.06. The standard InChI is InChI=1S/C6H11FN2Si/c1-10(2,3)9-5-4-8-6(9)7/h4-5H,1-3H3. The molecule has 0 aromatic carbocycles. The molecule has 1 heterocycles. The number of nitrogens with zero attached hydrogens (tertiary/aromatic N) is 2. The fraction of sp³-hybridized carbons (Fsp3) is 0.500. The Kier molecular flexibility index (Phi) is 1.64. The average molecular weight is 158 g/mol. The number of halogens is 1. The lowest BCUT2D eigenvalue weighted by Gasteiger charge is -2.17. The summed E-state index contributed by atoms with van der Waals surface area (Å²) in [5, 5.41) is 0. The van der Waals surface area contributed by atoms with Crippen LogP contribution in [0.1, 0.15) is 0 Å². The van der Waals surface area contributed by atoms with Gasteiger partial charge in [-0.2, -0.15) is 4.39 Å². The highest BCUT2D eigenvalue weighted by Gasteiger charge is 2.18. The minimum Gasteiger partial charge on any atom is -0.336 e. The third-order valence-corrected chi connectivity index (χ3v) is 3.10. The molecule has 1 aromatic heterocycles. The summed E-state index contributed by atoms with van der Waals surface area (Å²) in [5.41, 5.74) is 0. The second kappa shape index (κ2) is 2.19. The van der Waals surface area contributed by atoms with Crippen LogP contribution >= 0.6 is 0 Å². The lowest BCUT2D eigenvalue weighted by atomic mass is 11.0. The third kappa shape index (κ3) is 1.26. The van der Waals surface area contributed by atoms with Gasteiger partial charge in [0.25, 0.3) is 6.08 Å². The molecule has 0 spiro atoms. The fourth-order valence-corrected chi connectivity index (χ4v) is 1.91. The van der Waals surface area contributed by atoms with Crippen LogP contribution in [0, 0.1) is 6.08 Å². The Balaban J connectivity index is 3.05. The minimum absolute atomic E-state index is 0.362. The number of rotatable bonds is 1. The Bertz CT molecular complexity index is 226. The molecule has 56 valence electrons. The van der Waals surface area contributed by atoms with E-state index in [-0.39, 0.29) is 6.08 Å². The fourth-order valence-electron chi connectivity index (χ4n) is 0.786. The third-order valence-electron chi connectivity index (χ3n) is 1.32. The average Bonchev–Trinajstić information content (AvgIpc) is 2.11. The molecule has 0 amide bonds. The summed E-state index contributed by atoms with van der Waals surface area (Å²) in [6.07, 6.45) is 2.83. The largest absolute Gasteiger partial charge is 0.336 e. The van der Waals surface area contributed by atoms with Crippen LogP contribution < -0.4 is 0 Å². The summed E-state index contributed by atoms with van der Waals surface area (Å²) >= 11 is 0. The number of hydrogen-bond acceptors (Lipinski definition) is 1. The predicted molar refractivity (Wildman–Crippen MR) is 40.9 cm³/mol. The van der Waals surface area contributed by atoms with Gasteiger partial charge in [0.1, 0.15) is 0 Å². The van der Waals surface area contributed by atoms with Crippen LogP contribution in [-0.4, -0.2) is 17.5 Å². The summed E-state index contributed by atoms with van der Waals surface area (Å²) < 4.78 is 14.4. The molecule has 4 heteroatoms. The topological polar surface area (TPSA) is 17.8 Å². The number of imidazole rings is 1. The molecule has 1 aromatic rings. The zero-order valence-electron chi connectivity index (χ0n) is 6.43. The zero-order valence-corrected chi connectivity index (χ0v) is 7.43. The molecule has 0 unspecified atom stereocenters. The first kappa shape index (κ1) is 7.46. The van der Waals surface area contributed by atoms with E-state index in [4.69, 9.17) is 0 Å². The molecule has 0 aliphatic rings. The first-order valence-corrected chi connectivity index (χ1v) is 6.66. The van der Waals surface area contributed by atoms with E-state index in [1.165, 1.54) is 6.20 Å². The van der Waals surface area contributed by atoms with Crippen molar-refractivity contribution in [3.05, 3.63) is 18.5 Å². The Labute approximate surface area is 60.8 Å². The molecule has 0 atom stereocenters. The lowest BCUT2D eigenvalue weighted by molar-refractivity contribution is 0.532. The maximum atomic E-state index is 12.7. The van der Waals surface area contributed by atoms with Gasteiger partial charge in [-0.15, -0.1) is 0 Å². The molecule has 0 N–H and O–H groups in total. The first-order valence-electron chi connectivity index (χ1n) is 3.21. The van der Waals surface area contributed by atoms with Gasteiger partial charge in [0.2, 0.25) is 0 Å². The maximum Gasteiger partial charge on any atom is 0.281 e. The highest BCUT2D eigenvalue weighted by Crippen LogP contribution is 2.07. The van der Waals surface area contributed by atoms with Crippen LogP contribution in [0.2, 0.25) is 19.6 Å². The van der Waals surface area contributed by atoms with Crippen molar-refractivity contribution in [2.45, 2.75) is 19.6 Å². The molecule has 0 bridgehead atoms. The van der Waals surface area contributed by atoms with Gasteiger partial charge in [-0.05, 0) is 0 Å². The number of aromatic nitrogens is 2. The van der Waals surface area contributed by atoms with Gasteiger partial charge in [-0.1, -0.05) is 19.6 Å². The first-order chi connectivity index (χ1) is 4.52. The molecular weight excluding hydrogens is 147 g/mol. The quantitative estimate of drug-likeness (QED) is 0.569. The van der Waals surface area contributed by atoms with Crippen molar-refractivity contribution in [1.82, 2.24) is 9.22 Å². The van der Waals surface area contributed by atoms with Crippen molar-refractivity contribution in [3.8, 4) is 0 Å². The van der Waals surface area contributed by atoms with Crippen molar-refractivity contribution < 1.29 is 4.39 Å². The van der Waals surface area contributed by atoms with Crippen LogP contribution in [0.15, 0.2) is 12.4 Å². The SMILES string of the molecule is C[Si](C)(C)n1ccnc1F. The van der Waals surface area contributed by atoms with E-state index < -0.39 is 8.24 Å². The highest BCUT2D eigenvalue weighted by molar-refractivity contribution is 6.74. The molecular formula is C6H11FN2Si. The van der Waals surface area contributed by atoms with Gasteiger partial charge in [0, 0.05) is 12.4 Å². The van der Waals surface area contributed by atoms with Crippen LogP contribution in [0.4, 0.5) is 4.39 Å². The molecule has 0 saturated heterocycles. The van der Waals surface area contributed by atoms with Crippen molar-refractivity contribution in [2.75, 3.05) is 0 Å². The molecule has 0 aliphatic heterocycles. The Morgan fingerprint density at radius 3 is 2.30 bits per heavy atom. The normalized spacial score (nSPS) is 12.0. The van der Waals surface area contributed by atoms with Crippen molar-refractivity contribution in [3.63, 3.8) is 0 Å². The van der Waals surface area contributed by atoms with Gasteiger partial charge in [0.05, 0.1) is 0 Å². The molecule has 2 nitrogen and oxygen atoms in total. The van der Waals surface area contributed by atoms with E-state index in [0.717, 1.165) is 0 Å². The lowest BCUT2D eigenvalue weighted by Crippen LogP contribution is -2.32.